The molecule has 20 heavy (non-hydrogen) atoms. The van der Waals surface area contributed by atoms with E-state index in [4.69, 9.17) is 11.6 Å². The summed E-state index contributed by atoms with van der Waals surface area (Å²) >= 11 is 7.41. The smallest absolute Gasteiger partial charge is 0.123 e. The average Bonchev–Trinajstić information content (AvgIpc) is 3.09. The van der Waals surface area contributed by atoms with Crippen LogP contribution >= 0.6 is 22.9 Å². The normalized spacial score (nSPS) is 10.9. The van der Waals surface area contributed by atoms with E-state index in [1.54, 1.807) is 11.3 Å². The highest BCUT2D eigenvalue weighted by Gasteiger charge is 2.04. The van der Waals surface area contributed by atoms with Crippen LogP contribution in [0.15, 0.2) is 42.0 Å². The summed E-state index contributed by atoms with van der Waals surface area (Å²) in [5.74, 6) is 0.466. The van der Waals surface area contributed by atoms with E-state index in [0.717, 1.165) is 22.8 Å². The van der Waals surface area contributed by atoms with Crippen LogP contribution in [0, 0.1) is 6.92 Å². The molecule has 1 aromatic carbocycles. The Kier molecular flexibility index (Phi) is 3.85. The number of hydrogen-bond donors (Lipinski definition) is 0. The number of thiazole rings is 1. The van der Waals surface area contributed by atoms with E-state index in [1.165, 1.54) is 11.1 Å². The molecule has 0 bridgehead atoms. The minimum atomic E-state index is 0.466. The Morgan fingerprint density at radius 3 is 2.65 bits per heavy atom. The van der Waals surface area contributed by atoms with Crippen molar-refractivity contribution in [3.05, 3.63) is 58.9 Å². The number of halogens is 1. The molecule has 0 saturated heterocycles. The number of benzene rings is 1. The molecule has 0 atom stereocenters. The number of alkyl halides is 1. The van der Waals surface area contributed by atoms with E-state index in [9.17, 15) is 0 Å². The first-order valence-electron chi connectivity index (χ1n) is 6.33. The van der Waals surface area contributed by atoms with Crippen LogP contribution in [-0.2, 0) is 12.4 Å². The quantitative estimate of drug-likeness (QED) is 0.679. The van der Waals surface area contributed by atoms with Crippen LogP contribution in [0.1, 0.15) is 16.8 Å². The van der Waals surface area contributed by atoms with Crippen molar-refractivity contribution in [3.8, 4) is 10.6 Å². The molecule has 3 nitrogen and oxygen atoms in total. The van der Waals surface area contributed by atoms with E-state index in [-0.39, 0.29) is 0 Å². The zero-order chi connectivity index (χ0) is 13.9. The van der Waals surface area contributed by atoms with Gasteiger partial charge in [-0.05, 0) is 18.1 Å². The molecule has 0 radical (unpaired) electrons. The van der Waals surface area contributed by atoms with Crippen LogP contribution in [0.4, 0.5) is 0 Å². The highest BCUT2D eigenvalue weighted by molar-refractivity contribution is 7.13. The van der Waals surface area contributed by atoms with Crippen molar-refractivity contribution in [2.45, 2.75) is 19.3 Å². The van der Waals surface area contributed by atoms with Crippen molar-refractivity contribution in [1.82, 2.24) is 14.8 Å². The van der Waals surface area contributed by atoms with Crippen molar-refractivity contribution in [2.24, 2.45) is 0 Å². The van der Waals surface area contributed by atoms with Crippen LogP contribution in [0.3, 0.4) is 0 Å². The van der Waals surface area contributed by atoms with Gasteiger partial charge in [-0.1, -0.05) is 24.3 Å². The summed E-state index contributed by atoms with van der Waals surface area (Å²) in [5, 5.41) is 7.32. The Hall–Kier alpha value is -1.65. The molecule has 0 N–H and O–H groups in total. The first-order valence-corrected chi connectivity index (χ1v) is 7.75. The number of nitrogens with zero attached hydrogens (tertiary/aromatic N) is 3. The van der Waals surface area contributed by atoms with Gasteiger partial charge in [0, 0.05) is 17.1 Å². The predicted molar refractivity (Wildman–Crippen MR) is 83.2 cm³/mol. The Labute approximate surface area is 126 Å². The maximum absolute atomic E-state index is 5.78. The third-order valence-corrected chi connectivity index (χ3v) is 4.21. The van der Waals surface area contributed by atoms with Crippen LogP contribution in [-0.4, -0.2) is 14.8 Å². The molecule has 2 aromatic heterocycles. The van der Waals surface area contributed by atoms with E-state index >= 15 is 0 Å². The molecule has 5 heteroatoms. The standard InChI is InChI=1S/C15H14ClN3S/c1-11-7-17-19(8-11)9-12-2-4-13(5-3-12)15-18-14(6-16)10-20-15/h2-5,7-8,10H,6,9H2,1H3. The third kappa shape index (κ3) is 2.92. The minimum absolute atomic E-state index is 0.466. The molecule has 0 saturated carbocycles. The van der Waals surface area contributed by atoms with E-state index in [0.29, 0.717) is 5.88 Å². The third-order valence-electron chi connectivity index (χ3n) is 3.00. The SMILES string of the molecule is Cc1cnn(Cc2ccc(-c3nc(CCl)cs3)cc2)c1. The van der Waals surface area contributed by atoms with Gasteiger partial charge in [-0.15, -0.1) is 22.9 Å². The zero-order valence-electron chi connectivity index (χ0n) is 11.1. The lowest BCUT2D eigenvalue weighted by molar-refractivity contribution is 0.686. The van der Waals surface area contributed by atoms with Crippen molar-refractivity contribution >= 4 is 22.9 Å². The Balaban J connectivity index is 1.77. The number of hydrogen-bond acceptors (Lipinski definition) is 3. The van der Waals surface area contributed by atoms with Crippen LogP contribution < -0.4 is 0 Å². The van der Waals surface area contributed by atoms with Gasteiger partial charge in [-0.25, -0.2) is 4.98 Å². The lowest BCUT2D eigenvalue weighted by Crippen LogP contribution is -1.99. The number of aromatic nitrogens is 3. The molecule has 0 aliphatic heterocycles. The fraction of sp³-hybridized carbons (Fsp3) is 0.200. The van der Waals surface area contributed by atoms with Gasteiger partial charge in [0.2, 0.25) is 0 Å². The summed E-state index contributed by atoms with van der Waals surface area (Å²) < 4.78 is 1.94. The summed E-state index contributed by atoms with van der Waals surface area (Å²) in [5.41, 5.74) is 4.47. The first-order chi connectivity index (χ1) is 9.74. The summed E-state index contributed by atoms with van der Waals surface area (Å²) in [4.78, 5) is 4.48. The van der Waals surface area contributed by atoms with Crippen LogP contribution in [0.2, 0.25) is 0 Å². The molecule has 0 unspecified atom stereocenters. The minimum Gasteiger partial charge on any atom is -0.268 e. The van der Waals surface area contributed by atoms with Gasteiger partial charge < -0.3 is 0 Å². The van der Waals surface area contributed by atoms with Crippen molar-refractivity contribution < 1.29 is 0 Å². The Bertz CT molecular complexity index is 700. The fourth-order valence-corrected chi connectivity index (χ4v) is 3.05. The lowest BCUT2D eigenvalue weighted by Gasteiger charge is -2.03. The van der Waals surface area contributed by atoms with Crippen molar-refractivity contribution in [2.75, 3.05) is 0 Å². The molecular weight excluding hydrogens is 290 g/mol. The van der Waals surface area contributed by atoms with Gasteiger partial charge in [0.25, 0.3) is 0 Å². The van der Waals surface area contributed by atoms with Gasteiger partial charge >= 0.3 is 0 Å². The highest BCUT2D eigenvalue weighted by Crippen LogP contribution is 2.24. The average molecular weight is 304 g/mol. The molecule has 0 spiro atoms. The molecular formula is C15H14ClN3S. The fourth-order valence-electron chi connectivity index (χ4n) is 1.99. The van der Waals surface area contributed by atoms with Gasteiger partial charge in [0.1, 0.15) is 5.01 Å². The summed E-state index contributed by atoms with van der Waals surface area (Å²) in [6, 6.07) is 8.44. The second-order valence-electron chi connectivity index (χ2n) is 4.69. The lowest BCUT2D eigenvalue weighted by atomic mass is 10.1. The molecule has 102 valence electrons. The van der Waals surface area contributed by atoms with Gasteiger partial charge in [-0.3, -0.25) is 4.68 Å². The van der Waals surface area contributed by atoms with Gasteiger partial charge in [0.05, 0.1) is 24.3 Å². The van der Waals surface area contributed by atoms with Gasteiger partial charge in [-0.2, -0.15) is 5.10 Å². The predicted octanol–water partition coefficient (Wildman–Crippen LogP) is 4.10. The van der Waals surface area contributed by atoms with Gasteiger partial charge in [0.15, 0.2) is 0 Å². The zero-order valence-corrected chi connectivity index (χ0v) is 12.7. The first kappa shape index (κ1) is 13.3. The second-order valence-corrected chi connectivity index (χ2v) is 5.82. The largest absolute Gasteiger partial charge is 0.268 e. The summed E-state index contributed by atoms with van der Waals surface area (Å²) in [6.07, 6.45) is 3.92. The number of aryl methyl sites for hydroxylation is 1. The Morgan fingerprint density at radius 1 is 1.25 bits per heavy atom. The van der Waals surface area contributed by atoms with Crippen molar-refractivity contribution in [3.63, 3.8) is 0 Å². The highest BCUT2D eigenvalue weighted by atomic mass is 35.5. The topological polar surface area (TPSA) is 30.7 Å². The number of rotatable bonds is 4. The van der Waals surface area contributed by atoms with E-state index in [1.807, 2.05) is 29.4 Å². The van der Waals surface area contributed by atoms with E-state index < -0.39 is 0 Å². The van der Waals surface area contributed by atoms with Crippen molar-refractivity contribution in [1.29, 1.82) is 0 Å². The molecule has 0 amide bonds. The second kappa shape index (κ2) is 5.77. The maximum Gasteiger partial charge on any atom is 0.123 e. The maximum atomic E-state index is 5.78. The van der Waals surface area contributed by atoms with Crippen LogP contribution in [0.5, 0.6) is 0 Å². The van der Waals surface area contributed by atoms with E-state index in [2.05, 4.69) is 34.3 Å². The molecule has 2 heterocycles. The molecule has 3 aromatic rings. The van der Waals surface area contributed by atoms with Crippen LogP contribution in [0.25, 0.3) is 10.6 Å². The molecule has 3 rings (SSSR count). The molecule has 0 aliphatic carbocycles. The summed E-state index contributed by atoms with van der Waals surface area (Å²) in [6.45, 7) is 2.84. The monoisotopic (exact) mass is 303 g/mol. The molecule has 0 aliphatic rings. The molecule has 0 fully saturated rings. The Morgan fingerprint density at radius 2 is 2.05 bits per heavy atom. The summed E-state index contributed by atoms with van der Waals surface area (Å²) in [7, 11) is 0.